The number of aryl methyl sites for hydroxylation is 1. The van der Waals surface area contributed by atoms with E-state index in [1.54, 1.807) is 16.7 Å². The van der Waals surface area contributed by atoms with Crippen LogP contribution in [0.2, 0.25) is 0 Å². The van der Waals surface area contributed by atoms with Crippen LogP contribution in [0.1, 0.15) is 49.8 Å². The molecular weight excluding hydrogens is 355 g/mol. The van der Waals surface area contributed by atoms with Gasteiger partial charge in [-0.3, -0.25) is 9.59 Å². The summed E-state index contributed by atoms with van der Waals surface area (Å²) in [6.07, 6.45) is 4.95. The van der Waals surface area contributed by atoms with Gasteiger partial charge in [0, 0.05) is 24.2 Å². The van der Waals surface area contributed by atoms with Gasteiger partial charge in [-0.1, -0.05) is 18.2 Å². The lowest BCUT2D eigenvalue weighted by Gasteiger charge is -2.31. The molecular formula is C21H24BN2O4. The second-order valence-electron chi connectivity index (χ2n) is 7.45. The average Bonchev–Trinajstić information content (AvgIpc) is 2.68. The zero-order chi connectivity index (χ0) is 20.3. The number of carboxylic acids is 1. The molecule has 7 heteroatoms. The normalized spacial score (nSPS) is 17.0. The number of hydrogen-bond acceptors (Lipinski definition) is 4. The lowest BCUT2D eigenvalue weighted by Crippen LogP contribution is -2.45. The van der Waals surface area contributed by atoms with Gasteiger partial charge < -0.3 is 19.7 Å². The molecule has 2 atom stereocenters. The van der Waals surface area contributed by atoms with Crippen LogP contribution in [0.15, 0.2) is 41.3 Å². The Labute approximate surface area is 164 Å². The second-order valence-corrected chi connectivity index (χ2v) is 7.45. The van der Waals surface area contributed by atoms with Crippen molar-refractivity contribution >= 4 is 19.6 Å². The van der Waals surface area contributed by atoms with Gasteiger partial charge in [-0.2, -0.15) is 0 Å². The Morgan fingerprint density at radius 3 is 2.71 bits per heavy atom. The van der Waals surface area contributed by atoms with E-state index in [2.05, 4.69) is 5.23 Å². The monoisotopic (exact) mass is 379 g/mol. The molecule has 1 aromatic heterocycles. The SMILES string of the molecule is CC(C)n1cc(-c2ccc3c(c2)[C@H]([C@H](N[B]C=O)C(=O)O)CCC3)ccc1=O. The highest BCUT2D eigenvalue weighted by molar-refractivity contribution is 6.64. The Morgan fingerprint density at radius 2 is 2.04 bits per heavy atom. The molecule has 0 bridgehead atoms. The number of carbonyl (C=O) groups is 2. The zero-order valence-electron chi connectivity index (χ0n) is 16.1. The van der Waals surface area contributed by atoms with E-state index in [0.717, 1.165) is 48.9 Å². The van der Waals surface area contributed by atoms with E-state index in [0.29, 0.717) is 6.19 Å². The molecule has 145 valence electrons. The number of pyridine rings is 1. The first-order valence-corrected chi connectivity index (χ1v) is 9.53. The van der Waals surface area contributed by atoms with Crippen molar-refractivity contribution in [2.45, 2.75) is 51.1 Å². The fourth-order valence-corrected chi connectivity index (χ4v) is 3.94. The summed E-state index contributed by atoms with van der Waals surface area (Å²) in [6.45, 7) is 3.92. The van der Waals surface area contributed by atoms with Crippen LogP contribution >= 0.6 is 0 Å². The van der Waals surface area contributed by atoms with Gasteiger partial charge in [0.05, 0.1) is 6.19 Å². The van der Waals surface area contributed by atoms with Gasteiger partial charge in [0.2, 0.25) is 0 Å². The first-order chi connectivity index (χ1) is 13.4. The van der Waals surface area contributed by atoms with Crippen LogP contribution < -0.4 is 10.8 Å². The third-order valence-electron chi connectivity index (χ3n) is 5.35. The van der Waals surface area contributed by atoms with Gasteiger partial charge in [0.15, 0.2) is 0 Å². The summed E-state index contributed by atoms with van der Waals surface area (Å²) >= 11 is 0. The van der Waals surface area contributed by atoms with Crippen molar-refractivity contribution in [3.8, 4) is 11.1 Å². The maximum Gasteiger partial charge on any atom is 0.320 e. The molecule has 1 aliphatic carbocycles. The highest BCUT2D eigenvalue weighted by atomic mass is 16.4. The van der Waals surface area contributed by atoms with Crippen LogP contribution in [0.5, 0.6) is 0 Å². The largest absolute Gasteiger partial charge is 0.480 e. The Hall–Kier alpha value is -2.67. The molecule has 0 fully saturated rings. The van der Waals surface area contributed by atoms with Crippen molar-refractivity contribution in [3.05, 3.63) is 58.0 Å². The predicted octanol–water partition coefficient (Wildman–Crippen LogP) is 2.37. The first kappa shape index (κ1) is 20.1. The molecule has 1 aromatic carbocycles. The van der Waals surface area contributed by atoms with Crippen molar-refractivity contribution in [1.29, 1.82) is 0 Å². The number of aliphatic carboxylic acids is 1. The number of nitrogens with one attached hydrogen (secondary N) is 1. The first-order valence-electron chi connectivity index (χ1n) is 9.53. The van der Waals surface area contributed by atoms with E-state index >= 15 is 0 Å². The quantitative estimate of drug-likeness (QED) is 0.570. The molecule has 0 unspecified atom stereocenters. The minimum atomic E-state index is -0.977. The molecule has 28 heavy (non-hydrogen) atoms. The zero-order valence-corrected chi connectivity index (χ0v) is 16.1. The van der Waals surface area contributed by atoms with Crippen LogP contribution in [0.25, 0.3) is 11.1 Å². The summed E-state index contributed by atoms with van der Waals surface area (Å²) < 4.78 is 1.69. The summed E-state index contributed by atoms with van der Waals surface area (Å²) in [6, 6.07) is 8.65. The predicted molar refractivity (Wildman–Crippen MR) is 109 cm³/mol. The summed E-state index contributed by atoms with van der Waals surface area (Å²) in [5.41, 5.74) is 3.94. The Balaban J connectivity index is 2.03. The number of nitrogens with zero attached hydrogens (tertiary/aromatic N) is 1. The molecule has 1 aliphatic rings. The maximum atomic E-state index is 12.1. The molecule has 6 nitrogen and oxygen atoms in total. The molecule has 2 aromatic rings. The van der Waals surface area contributed by atoms with Crippen molar-refractivity contribution in [2.75, 3.05) is 0 Å². The fraction of sp³-hybridized carbons (Fsp3) is 0.381. The topological polar surface area (TPSA) is 88.4 Å². The molecule has 0 saturated heterocycles. The standard InChI is InChI=1S/C21H24BN2O4/c1-13(2)24-11-16(8-9-19(24)26)15-7-6-14-4-3-5-17(18(14)10-15)20(21(27)28)23-22-12-25/h6-13,17,20,23H,3-5H2,1-2H3,(H,27,28)/t17-,20+/m1/s1. The van der Waals surface area contributed by atoms with Gasteiger partial charge in [-0.05, 0) is 61.4 Å². The van der Waals surface area contributed by atoms with Crippen LogP contribution in [0.3, 0.4) is 0 Å². The highest BCUT2D eigenvalue weighted by Gasteiger charge is 2.32. The minimum Gasteiger partial charge on any atom is -0.480 e. The smallest absolute Gasteiger partial charge is 0.320 e. The van der Waals surface area contributed by atoms with Gasteiger partial charge in [0.25, 0.3) is 13.0 Å². The number of rotatable bonds is 7. The number of aromatic nitrogens is 1. The van der Waals surface area contributed by atoms with Crippen molar-refractivity contribution in [2.24, 2.45) is 0 Å². The van der Waals surface area contributed by atoms with Crippen molar-refractivity contribution < 1.29 is 14.7 Å². The molecule has 1 radical (unpaired) electrons. The molecule has 0 saturated carbocycles. The van der Waals surface area contributed by atoms with E-state index in [4.69, 9.17) is 0 Å². The Bertz CT molecular complexity index is 938. The Morgan fingerprint density at radius 1 is 1.29 bits per heavy atom. The lowest BCUT2D eigenvalue weighted by molar-refractivity contribution is -0.139. The summed E-state index contributed by atoms with van der Waals surface area (Å²) in [7, 11) is 1.15. The van der Waals surface area contributed by atoms with Crippen LogP contribution in [0.4, 0.5) is 0 Å². The van der Waals surface area contributed by atoms with E-state index in [1.807, 2.05) is 38.2 Å². The number of carbonyl (C=O) groups excluding carboxylic acids is 1. The Kier molecular flexibility index (Phi) is 6.14. The van der Waals surface area contributed by atoms with E-state index < -0.39 is 12.0 Å². The van der Waals surface area contributed by atoms with Gasteiger partial charge in [0.1, 0.15) is 6.04 Å². The van der Waals surface area contributed by atoms with E-state index in [9.17, 15) is 19.5 Å². The molecule has 0 amide bonds. The third-order valence-corrected chi connectivity index (χ3v) is 5.35. The van der Waals surface area contributed by atoms with Crippen molar-refractivity contribution in [3.63, 3.8) is 0 Å². The third kappa shape index (κ3) is 4.09. The molecule has 1 heterocycles. The van der Waals surface area contributed by atoms with E-state index in [-0.39, 0.29) is 17.5 Å². The summed E-state index contributed by atoms with van der Waals surface area (Å²) in [5, 5.41) is 12.4. The molecule has 2 N–H and O–H groups in total. The van der Waals surface area contributed by atoms with E-state index in [1.165, 1.54) is 0 Å². The molecule has 0 aliphatic heterocycles. The molecule has 0 spiro atoms. The second kappa shape index (κ2) is 8.56. The van der Waals surface area contributed by atoms with Crippen LogP contribution in [0, 0.1) is 0 Å². The number of hydrogen-bond donors (Lipinski definition) is 2. The number of benzene rings is 1. The molecule has 3 rings (SSSR count). The number of carboxylic acid groups (broad SMARTS) is 1. The average molecular weight is 379 g/mol. The minimum absolute atomic E-state index is 0.0471. The summed E-state index contributed by atoms with van der Waals surface area (Å²) in [5.74, 6) is -1.21. The highest BCUT2D eigenvalue weighted by Crippen LogP contribution is 2.36. The van der Waals surface area contributed by atoms with Crippen LogP contribution in [-0.4, -0.2) is 35.3 Å². The summed E-state index contributed by atoms with van der Waals surface area (Å²) in [4.78, 5) is 34.5. The van der Waals surface area contributed by atoms with Crippen LogP contribution in [-0.2, 0) is 16.0 Å². The number of fused-ring (bicyclic) bond motifs is 1. The van der Waals surface area contributed by atoms with Gasteiger partial charge >= 0.3 is 5.97 Å². The fourth-order valence-electron chi connectivity index (χ4n) is 3.94. The maximum absolute atomic E-state index is 12.1. The van der Waals surface area contributed by atoms with Gasteiger partial charge in [-0.15, -0.1) is 0 Å². The lowest BCUT2D eigenvalue weighted by atomic mass is 9.76. The van der Waals surface area contributed by atoms with Gasteiger partial charge in [-0.25, -0.2) is 0 Å². The van der Waals surface area contributed by atoms with Crippen molar-refractivity contribution in [1.82, 2.24) is 9.79 Å².